The maximum absolute atomic E-state index is 12.6. The number of ether oxygens (including phenoxy) is 2. The third kappa shape index (κ3) is 3.53. The van der Waals surface area contributed by atoms with Crippen LogP contribution in [0.2, 0.25) is 0 Å². The highest BCUT2D eigenvalue weighted by Gasteiger charge is 2.25. The lowest BCUT2D eigenvalue weighted by molar-refractivity contribution is -0.118. The van der Waals surface area contributed by atoms with Gasteiger partial charge >= 0.3 is 0 Å². The zero-order valence-corrected chi connectivity index (χ0v) is 15.1. The summed E-state index contributed by atoms with van der Waals surface area (Å²) in [6.07, 6.45) is 1.44. The minimum atomic E-state index is -0.0162. The van der Waals surface area contributed by atoms with Crippen molar-refractivity contribution in [1.82, 2.24) is 4.90 Å². The van der Waals surface area contributed by atoms with Gasteiger partial charge in [0.2, 0.25) is 5.91 Å². The molecule has 26 heavy (non-hydrogen) atoms. The molecular weight excluding hydrogens is 328 g/mol. The third-order valence-corrected chi connectivity index (χ3v) is 4.98. The Morgan fingerprint density at radius 3 is 2.81 bits per heavy atom. The second-order valence-corrected chi connectivity index (χ2v) is 6.93. The van der Waals surface area contributed by atoms with Crippen LogP contribution in [0, 0.1) is 0 Å². The summed E-state index contributed by atoms with van der Waals surface area (Å²) in [7, 11) is 2.02. The van der Waals surface area contributed by atoms with Crippen molar-refractivity contribution in [2.75, 3.05) is 38.2 Å². The lowest BCUT2D eigenvalue weighted by atomic mass is 10.2. The number of hydrogen-bond acceptors (Lipinski definition) is 4. The Labute approximate surface area is 154 Å². The summed E-state index contributed by atoms with van der Waals surface area (Å²) in [5, 5.41) is 0. The van der Waals surface area contributed by atoms with E-state index in [1.54, 1.807) is 0 Å². The van der Waals surface area contributed by atoms with Crippen molar-refractivity contribution < 1.29 is 14.3 Å². The average molecular weight is 352 g/mol. The van der Waals surface area contributed by atoms with E-state index in [2.05, 4.69) is 11.0 Å². The molecule has 0 radical (unpaired) electrons. The van der Waals surface area contributed by atoms with Gasteiger partial charge in [-0.25, -0.2) is 0 Å². The Bertz CT molecular complexity index is 792. The van der Waals surface area contributed by atoms with Crippen LogP contribution in [0.4, 0.5) is 5.69 Å². The average Bonchev–Trinajstić information content (AvgIpc) is 3.10. The first kappa shape index (κ1) is 16.9. The molecule has 0 bridgehead atoms. The van der Waals surface area contributed by atoms with Gasteiger partial charge in [-0.3, -0.25) is 4.79 Å². The molecule has 1 amide bonds. The maximum atomic E-state index is 12.6. The molecule has 0 N–H and O–H groups in total. The second kappa shape index (κ2) is 7.38. The molecule has 5 heteroatoms. The zero-order chi connectivity index (χ0) is 17.9. The van der Waals surface area contributed by atoms with Gasteiger partial charge in [0.15, 0.2) is 11.5 Å². The molecule has 2 aromatic carbocycles. The van der Waals surface area contributed by atoms with E-state index in [1.165, 1.54) is 5.56 Å². The Kier molecular flexibility index (Phi) is 4.80. The predicted molar refractivity (Wildman–Crippen MR) is 101 cm³/mol. The summed E-state index contributed by atoms with van der Waals surface area (Å²) in [5.74, 6) is 1.78. The van der Waals surface area contributed by atoms with Crippen LogP contribution in [0.3, 0.4) is 0 Å². The van der Waals surface area contributed by atoms with Gasteiger partial charge in [-0.15, -0.1) is 0 Å². The first-order valence-corrected chi connectivity index (χ1v) is 9.16. The van der Waals surface area contributed by atoms with Gasteiger partial charge in [-0.1, -0.05) is 30.3 Å². The van der Waals surface area contributed by atoms with Crippen molar-refractivity contribution in [3.05, 3.63) is 54.1 Å². The lowest BCUT2D eigenvalue weighted by Crippen LogP contribution is -2.41. The molecule has 0 saturated carbocycles. The number of amides is 1. The molecule has 136 valence electrons. The summed E-state index contributed by atoms with van der Waals surface area (Å²) >= 11 is 0. The van der Waals surface area contributed by atoms with Crippen molar-refractivity contribution >= 4 is 11.6 Å². The molecule has 2 aliphatic rings. The van der Waals surface area contributed by atoms with E-state index in [0.717, 1.165) is 36.7 Å². The molecule has 0 fully saturated rings. The van der Waals surface area contributed by atoms with Crippen LogP contribution in [0.1, 0.15) is 12.0 Å². The van der Waals surface area contributed by atoms with E-state index in [9.17, 15) is 4.79 Å². The maximum Gasteiger partial charge on any atom is 0.228 e. The molecule has 1 unspecified atom stereocenters. The molecule has 1 atom stereocenters. The van der Waals surface area contributed by atoms with Crippen LogP contribution < -0.4 is 14.4 Å². The molecule has 2 aliphatic heterocycles. The van der Waals surface area contributed by atoms with E-state index in [0.29, 0.717) is 19.6 Å². The second-order valence-electron chi connectivity index (χ2n) is 6.93. The normalized spacial score (nSPS) is 18.1. The monoisotopic (exact) mass is 352 g/mol. The molecule has 2 heterocycles. The molecule has 5 nitrogen and oxygen atoms in total. The van der Waals surface area contributed by atoms with Gasteiger partial charge in [0.25, 0.3) is 0 Å². The van der Waals surface area contributed by atoms with Crippen molar-refractivity contribution in [2.24, 2.45) is 0 Å². The summed E-state index contributed by atoms with van der Waals surface area (Å²) in [6, 6.07) is 15.9. The Morgan fingerprint density at radius 2 is 1.92 bits per heavy atom. The number of carbonyl (C=O) groups is 1. The quantitative estimate of drug-likeness (QED) is 0.830. The minimum absolute atomic E-state index is 0.0162. The van der Waals surface area contributed by atoms with Crippen LogP contribution in [0.5, 0.6) is 11.5 Å². The zero-order valence-electron chi connectivity index (χ0n) is 15.1. The van der Waals surface area contributed by atoms with Gasteiger partial charge in [0.1, 0.15) is 12.7 Å². The number of rotatable bonds is 5. The molecule has 2 aromatic rings. The van der Waals surface area contributed by atoms with Crippen LogP contribution in [-0.2, 0) is 11.2 Å². The van der Waals surface area contributed by atoms with Crippen molar-refractivity contribution in [2.45, 2.75) is 18.9 Å². The summed E-state index contributed by atoms with van der Waals surface area (Å²) in [6.45, 7) is 2.77. The fourth-order valence-electron chi connectivity index (χ4n) is 3.61. The molecule has 0 saturated heterocycles. The first-order chi connectivity index (χ1) is 12.7. The number of para-hydroxylation sites is 3. The van der Waals surface area contributed by atoms with Crippen molar-refractivity contribution in [3.63, 3.8) is 0 Å². The number of nitrogens with zero attached hydrogens (tertiary/aromatic N) is 2. The minimum Gasteiger partial charge on any atom is -0.486 e. The highest BCUT2D eigenvalue weighted by Crippen LogP contribution is 2.31. The standard InChI is InChI=1S/C21H24N2O3/c1-22(14-17-15-25-19-8-4-5-9-20(19)26-17)12-11-21(24)23-13-10-16-6-2-3-7-18(16)23/h2-9,17H,10-15H2,1H3. The lowest BCUT2D eigenvalue weighted by Gasteiger charge is -2.29. The third-order valence-electron chi connectivity index (χ3n) is 4.98. The number of fused-ring (bicyclic) bond motifs is 2. The Balaban J connectivity index is 1.27. The molecule has 0 aromatic heterocycles. The van der Waals surface area contributed by atoms with Gasteiger partial charge in [0.05, 0.1) is 0 Å². The van der Waals surface area contributed by atoms with Crippen LogP contribution in [-0.4, -0.2) is 50.2 Å². The smallest absolute Gasteiger partial charge is 0.228 e. The topological polar surface area (TPSA) is 42.0 Å². The van der Waals surface area contributed by atoms with E-state index in [1.807, 2.05) is 54.4 Å². The van der Waals surface area contributed by atoms with Gasteiger partial charge in [-0.05, 0) is 37.2 Å². The fourth-order valence-corrected chi connectivity index (χ4v) is 3.61. The van der Waals surface area contributed by atoms with E-state index >= 15 is 0 Å². The van der Waals surface area contributed by atoms with Crippen LogP contribution in [0.15, 0.2) is 48.5 Å². The summed E-state index contributed by atoms with van der Waals surface area (Å²) < 4.78 is 11.7. The molecule has 0 spiro atoms. The number of anilines is 1. The van der Waals surface area contributed by atoms with Crippen LogP contribution in [0.25, 0.3) is 0 Å². The Morgan fingerprint density at radius 1 is 1.15 bits per heavy atom. The SMILES string of the molecule is CN(CCC(=O)N1CCc2ccccc21)CC1COc2ccccc2O1. The largest absolute Gasteiger partial charge is 0.486 e. The van der Waals surface area contributed by atoms with E-state index in [4.69, 9.17) is 9.47 Å². The van der Waals surface area contributed by atoms with Crippen molar-refractivity contribution in [3.8, 4) is 11.5 Å². The molecular formula is C21H24N2O3. The highest BCUT2D eigenvalue weighted by molar-refractivity contribution is 5.95. The number of hydrogen-bond donors (Lipinski definition) is 0. The van der Waals surface area contributed by atoms with E-state index in [-0.39, 0.29) is 12.0 Å². The van der Waals surface area contributed by atoms with Gasteiger partial charge in [-0.2, -0.15) is 0 Å². The van der Waals surface area contributed by atoms with Gasteiger partial charge < -0.3 is 19.3 Å². The molecule has 4 rings (SSSR count). The number of likely N-dealkylation sites (N-methyl/N-ethyl adjacent to an activating group) is 1. The first-order valence-electron chi connectivity index (χ1n) is 9.16. The van der Waals surface area contributed by atoms with Crippen molar-refractivity contribution in [1.29, 1.82) is 0 Å². The van der Waals surface area contributed by atoms with Crippen LogP contribution >= 0.6 is 0 Å². The highest BCUT2D eigenvalue weighted by atomic mass is 16.6. The fraction of sp³-hybridized carbons (Fsp3) is 0.381. The van der Waals surface area contributed by atoms with E-state index < -0.39 is 0 Å². The van der Waals surface area contributed by atoms with Gasteiger partial charge in [0, 0.05) is 31.7 Å². The number of carbonyl (C=O) groups excluding carboxylic acids is 1. The number of benzene rings is 2. The Hall–Kier alpha value is -2.53. The summed E-state index contributed by atoms with van der Waals surface area (Å²) in [4.78, 5) is 16.7. The predicted octanol–water partition coefficient (Wildman–Crippen LogP) is 2.74. The molecule has 0 aliphatic carbocycles. The summed E-state index contributed by atoms with van der Waals surface area (Å²) in [5.41, 5.74) is 2.33.